The predicted molar refractivity (Wildman–Crippen MR) is 70.1 cm³/mol. The van der Waals surface area contributed by atoms with E-state index in [2.05, 4.69) is 37.0 Å². The number of benzene rings is 1. The highest BCUT2D eigenvalue weighted by molar-refractivity contribution is 6.62. The summed E-state index contributed by atoms with van der Waals surface area (Å²) in [6, 6.07) is 8.26. The SMILES string of the molecule is CC(C)Oc1ccc(C=C[SiH](C)C)cc1. The second-order valence-electron chi connectivity index (χ2n) is 4.34. The van der Waals surface area contributed by atoms with E-state index >= 15 is 0 Å². The number of hydrogen-bond acceptors (Lipinski definition) is 1. The molecule has 0 N–H and O–H groups in total. The Morgan fingerprint density at radius 3 is 2.20 bits per heavy atom. The van der Waals surface area contributed by atoms with Gasteiger partial charge in [0, 0.05) is 0 Å². The van der Waals surface area contributed by atoms with Crippen LogP contribution in [-0.4, -0.2) is 14.9 Å². The molecular formula is C13H20OSi. The van der Waals surface area contributed by atoms with Gasteiger partial charge in [-0.3, -0.25) is 0 Å². The number of hydrogen-bond donors (Lipinski definition) is 0. The van der Waals surface area contributed by atoms with Crippen LogP contribution in [0.5, 0.6) is 5.75 Å². The van der Waals surface area contributed by atoms with Crippen LogP contribution in [0.25, 0.3) is 6.08 Å². The second kappa shape index (κ2) is 5.76. The van der Waals surface area contributed by atoms with Crippen molar-refractivity contribution in [2.24, 2.45) is 0 Å². The zero-order valence-electron chi connectivity index (χ0n) is 10.0. The molecule has 2 heteroatoms. The summed E-state index contributed by atoms with van der Waals surface area (Å²) in [4.78, 5) is 0. The number of ether oxygens (including phenoxy) is 1. The molecule has 0 saturated carbocycles. The van der Waals surface area contributed by atoms with E-state index < -0.39 is 8.80 Å². The Kier molecular flexibility index (Phi) is 4.63. The van der Waals surface area contributed by atoms with Crippen molar-refractivity contribution in [2.75, 3.05) is 0 Å². The van der Waals surface area contributed by atoms with E-state index in [-0.39, 0.29) is 6.10 Å². The lowest BCUT2D eigenvalue weighted by atomic mass is 10.2. The minimum atomic E-state index is -0.588. The van der Waals surface area contributed by atoms with Crippen LogP contribution in [0, 0.1) is 0 Å². The van der Waals surface area contributed by atoms with Gasteiger partial charge in [0.15, 0.2) is 0 Å². The average molecular weight is 220 g/mol. The van der Waals surface area contributed by atoms with Gasteiger partial charge in [0.1, 0.15) is 5.75 Å². The first kappa shape index (κ1) is 12.0. The van der Waals surface area contributed by atoms with Gasteiger partial charge < -0.3 is 4.74 Å². The highest BCUT2D eigenvalue weighted by Gasteiger charge is 1.96. The third kappa shape index (κ3) is 4.84. The molecular weight excluding hydrogens is 200 g/mol. The molecule has 0 spiro atoms. The molecule has 1 aromatic rings. The molecule has 0 aliphatic rings. The predicted octanol–water partition coefficient (Wildman–Crippen LogP) is 3.51. The van der Waals surface area contributed by atoms with E-state index in [1.165, 1.54) is 5.56 Å². The van der Waals surface area contributed by atoms with Crippen molar-refractivity contribution in [3.05, 3.63) is 35.5 Å². The van der Waals surface area contributed by atoms with Crippen LogP contribution in [0.2, 0.25) is 13.1 Å². The molecule has 0 bridgehead atoms. The van der Waals surface area contributed by atoms with Crippen LogP contribution < -0.4 is 4.74 Å². The third-order valence-corrected chi connectivity index (χ3v) is 2.89. The monoisotopic (exact) mass is 220 g/mol. The third-order valence-electron chi connectivity index (χ3n) is 1.93. The summed E-state index contributed by atoms with van der Waals surface area (Å²) in [5, 5.41) is 0. The van der Waals surface area contributed by atoms with Crippen LogP contribution >= 0.6 is 0 Å². The van der Waals surface area contributed by atoms with Gasteiger partial charge in [0.25, 0.3) is 0 Å². The van der Waals surface area contributed by atoms with Gasteiger partial charge in [-0.25, -0.2) is 0 Å². The molecule has 0 aliphatic carbocycles. The van der Waals surface area contributed by atoms with E-state index in [9.17, 15) is 0 Å². The van der Waals surface area contributed by atoms with Gasteiger partial charge in [-0.15, -0.1) is 0 Å². The molecule has 15 heavy (non-hydrogen) atoms. The van der Waals surface area contributed by atoms with Crippen molar-refractivity contribution in [1.82, 2.24) is 0 Å². The molecule has 0 unspecified atom stereocenters. The van der Waals surface area contributed by atoms with Crippen molar-refractivity contribution in [3.63, 3.8) is 0 Å². The standard InChI is InChI=1S/C13H20OSi/c1-11(2)14-13-7-5-12(6-8-13)9-10-15(3)4/h5-11,15H,1-4H3. The maximum absolute atomic E-state index is 5.58. The smallest absolute Gasteiger partial charge is 0.119 e. The summed E-state index contributed by atoms with van der Waals surface area (Å²) in [6.45, 7) is 8.70. The largest absolute Gasteiger partial charge is 0.491 e. The number of rotatable bonds is 4. The van der Waals surface area contributed by atoms with Gasteiger partial charge >= 0.3 is 0 Å². The van der Waals surface area contributed by atoms with Crippen LogP contribution in [0.1, 0.15) is 19.4 Å². The zero-order chi connectivity index (χ0) is 11.3. The fourth-order valence-electron chi connectivity index (χ4n) is 1.23. The van der Waals surface area contributed by atoms with Crippen molar-refractivity contribution in [1.29, 1.82) is 0 Å². The molecule has 0 aromatic heterocycles. The molecule has 1 nitrogen and oxygen atoms in total. The minimum Gasteiger partial charge on any atom is -0.491 e. The van der Waals surface area contributed by atoms with Crippen LogP contribution in [0.4, 0.5) is 0 Å². The molecule has 0 saturated heterocycles. The molecule has 0 heterocycles. The highest BCUT2D eigenvalue weighted by Crippen LogP contribution is 2.14. The highest BCUT2D eigenvalue weighted by atomic mass is 28.3. The Morgan fingerprint density at radius 2 is 1.73 bits per heavy atom. The molecule has 0 aliphatic heterocycles. The Labute approximate surface area is 94.4 Å². The topological polar surface area (TPSA) is 9.23 Å². The molecule has 0 amide bonds. The van der Waals surface area contributed by atoms with Crippen molar-refractivity contribution in [2.45, 2.75) is 33.0 Å². The Hall–Kier alpha value is -1.02. The summed E-state index contributed by atoms with van der Waals surface area (Å²) >= 11 is 0. The van der Waals surface area contributed by atoms with Gasteiger partial charge in [0.2, 0.25) is 0 Å². The molecule has 1 aromatic carbocycles. The summed E-state index contributed by atoms with van der Waals surface area (Å²) in [7, 11) is -0.588. The fourth-order valence-corrected chi connectivity index (χ4v) is 1.84. The lowest BCUT2D eigenvalue weighted by Gasteiger charge is -2.09. The maximum atomic E-state index is 5.58. The van der Waals surface area contributed by atoms with Crippen LogP contribution in [0.15, 0.2) is 30.0 Å². The second-order valence-corrected chi connectivity index (χ2v) is 7.21. The lowest BCUT2D eigenvalue weighted by Crippen LogP contribution is -2.05. The first-order valence-corrected chi connectivity index (χ1v) is 8.50. The van der Waals surface area contributed by atoms with E-state index in [0.717, 1.165) is 5.75 Å². The quantitative estimate of drug-likeness (QED) is 0.706. The van der Waals surface area contributed by atoms with Crippen molar-refractivity contribution in [3.8, 4) is 5.75 Å². The van der Waals surface area contributed by atoms with Crippen molar-refractivity contribution >= 4 is 14.9 Å². The average Bonchev–Trinajstić information content (AvgIpc) is 2.16. The van der Waals surface area contributed by atoms with E-state index in [0.29, 0.717) is 0 Å². The first-order valence-electron chi connectivity index (χ1n) is 5.53. The van der Waals surface area contributed by atoms with Crippen molar-refractivity contribution < 1.29 is 4.74 Å². The summed E-state index contributed by atoms with van der Waals surface area (Å²) in [6.07, 6.45) is 2.45. The molecule has 0 atom stereocenters. The molecule has 0 radical (unpaired) electrons. The van der Waals surface area contributed by atoms with E-state index in [1.807, 2.05) is 26.0 Å². The minimum absolute atomic E-state index is 0.245. The lowest BCUT2D eigenvalue weighted by molar-refractivity contribution is 0.242. The van der Waals surface area contributed by atoms with E-state index in [4.69, 9.17) is 4.74 Å². The summed E-state index contributed by atoms with van der Waals surface area (Å²) in [5.74, 6) is 0.948. The summed E-state index contributed by atoms with van der Waals surface area (Å²) in [5.41, 5.74) is 3.59. The van der Waals surface area contributed by atoms with Gasteiger partial charge in [-0.05, 0) is 31.5 Å². The zero-order valence-corrected chi connectivity index (χ0v) is 11.2. The first-order chi connectivity index (χ1) is 7.08. The fraction of sp³-hybridized carbons (Fsp3) is 0.385. The normalized spacial score (nSPS) is 11.6. The van der Waals surface area contributed by atoms with Gasteiger partial charge in [-0.1, -0.05) is 37.0 Å². The summed E-state index contributed by atoms with van der Waals surface area (Å²) < 4.78 is 5.58. The Bertz CT molecular complexity index is 312. The van der Waals surface area contributed by atoms with Gasteiger partial charge in [0.05, 0.1) is 14.9 Å². The van der Waals surface area contributed by atoms with Crippen LogP contribution in [-0.2, 0) is 0 Å². The molecule has 0 fully saturated rings. The van der Waals surface area contributed by atoms with E-state index in [1.54, 1.807) is 0 Å². The Balaban J connectivity index is 2.64. The Morgan fingerprint density at radius 1 is 1.13 bits per heavy atom. The van der Waals surface area contributed by atoms with Gasteiger partial charge in [-0.2, -0.15) is 0 Å². The molecule has 82 valence electrons. The maximum Gasteiger partial charge on any atom is 0.119 e. The van der Waals surface area contributed by atoms with Crippen LogP contribution in [0.3, 0.4) is 0 Å². The molecule has 1 rings (SSSR count).